The third-order valence-electron chi connectivity index (χ3n) is 12.5. The molecule has 0 saturated carbocycles. The van der Waals surface area contributed by atoms with E-state index in [1.54, 1.807) is 22.9 Å². The van der Waals surface area contributed by atoms with Crippen molar-refractivity contribution in [1.82, 2.24) is 24.3 Å². The van der Waals surface area contributed by atoms with Crippen molar-refractivity contribution in [2.45, 2.75) is 45.8 Å². The van der Waals surface area contributed by atoms with Crippen molar-refractivity contribution < 1.29 is 23.9 Å². The van der Waals surface area contributed by atoms with E-state index in [0.717, 1.165) is 82.0 Å². The van der Waals surface area contributed by atoms with Crippen molar-refractivity contribution in [1.29, 1.82) is 0 Å². The van der Waals surface area contributed by atoms with Gasteiger partial charge in [0.25, 0.3) is 11.8 Å². The van der Waals surface area contributed by atoms with Crippen molar-refractivity contribution in [2.75, 3.05) is 51.3 Å². The number of amides is 3. The van der Waals surface area contributed by atoms with Crippen LogP contribution in [-0.2, 0) is 37.7 Å². The number of nitrogens with zero attached hydrogens (tertiary/aromatic N) is 5. The predicted octanol–water partition coefficient (Wildman–Crippen LogP) is 7.52. The topological polar surface area (TPSA) is 103 Å². The molecule has 302 valence electrons. The fraction of sp³-hybridized carbons (Fsp3) is 0.312. The zero-order valence-corrected chi connectivity index (χ0v) is 34.2. The highest BCUT2D eigenvalue weighted by Gasteiger charge is 2.35. The molecule has 1 fully saturated rings. The van der Waals surface area contributed by atoms with Crippen LogP contribution in [0.2, 0.25) is 0 Å². The number of rotatable bonds is 7. The normalized spacial score (nSPS) is 16.8. The molecular weight excluding hydrogens is 741 g/mol. The Morgan fingerprint density at radius 2 is 1.58 bits per heavy atom. The number of fused-ring (bicyclic) bond motifs is 3. The Morgan fingerprint density at radius 1 is 0.814 bits per heavy atom. The van der Waals surface area contributed by atoms with Crippen LogP contribution in [0.5, 0.6) is 5.75 Å². The van der Waals surface area contributed by atoms with E-state index in [9.17, 15) is 9.59 Å². The quantitative estimate of drug-likeness (QED) is 0.180. The lowest BCUT2D eigenvalue weighted by atomic mass is 9.89. The SMILES string of the molecule is Cc1cc2cccc(OC(=O)N3CCc4cc(-c5cc(C(=O)N(C)c6ccccc6)c(C)n5C)c(C(=O)N5Cc6ccccc6C[C@H]5CN5CCOCC5)cc4C3)c2[nH]1. The molecule has 4 aromatic carbocycles. The maximum Gasteiger partial charge on any atom is 0.415 e. The third-order valence-corrected chi connectivity index (χ3v) is 12.5. The molecular formula is C48H50N6O5. The number of hydrogen-bond acceptors (Lipinski definition) is 6. The highest BCUT2D eigenvalue weighted by Crippen LogP contribution is 2.36. The Morgan fingerprint density at radius 3 is 2.37 bits per heavy atom. The van der Waals surface area contributed by atoms with Crippen LogP contribution < -0.4 is 9.64 Å². The molecule has 3 amide bonds. The summed E-state index contributed by atoms with van der Waals surface area (Å²) in [5.74, 6) is 0.285. The molecule has 1 saturated heterocycles. The Bertz CT molecular complexity index is 2570. The first-order valence-electron chi connectivity index (χ1n) is 20.5. The summed E-state index contributed by atoms with van der Waals surface area (Å²) in [6.07, 6.45) is 0.898. The maximum absolute atomic E-state index is 15.4. The molecule has 0 spiro atoms. The molecule has 0 radical (unpaired) electrons. The van der Waals surface area contributed by atoms with Gasteiger partial charge in [-0.25, -0.2) is 4.79 Å². The summed E-state index contributed by atoms with van der Waals surface area (Å²) >= 11 is 0. The van der Waals surface area contributed by atoms with E-state index in [1.807, 2.05) is 97.1 Å². The number of ether oxygens (including phenoxy) is 2. The van der Waals surface area contributed by atoms with Gasteiger partial charge in [0.1, 0.15) is 0 Å². The molecule has 59 heavy (non-hydrogen) atoms. The van der Waals surface area contributed by atoms with Crippen molar-refractivity contribution in [3.63, 3.8) is 0 Å². The zero-order valence-electron chi connectivity index (χ0n) is 34.2. The number of hydrogen-bond donors (Lipinski definition) is 1. The lowest BCUT2D eigenvalue weighted by Gasteiger charge is -2.41. The third kappa shape index (κ3) is 7.41. The van der Waals surface area contributed by atoms with Crippen molar-refractivity contribution in [3.05, 3.63) is 142 Å². The summed E-state index contributed by atoms with van der Waals surface area (Å²) in [6.45, 7) is 8.92. The van der Waals surface area contributed by atoms with Gasteiger partial charge in [-0.3, -0.25) is 14.5 Å². The number of anilines is 1. The van der Waals surface area contributed by atoms with Gasteiger partial charge < -0.3 is 33.7 Å². The summed E-state index contributed by atoms with van der Waals surface area (Å²) in [6, 6.07) is 31.7. The molecule has 3 aliphatic heterocycles. The van der Waals surface area contributed by atoms with E-state index in [4.69, 9.17) is 9.47 Å². The Balaban J connectivity index is 1.10. The molecule has 1 atom stereocenters. The summed E-state index contributed by atoms with van der Waals surface area (Å²) in [5, 5.41) is 0.979. The first kappa shape index (κ1) is 38.4. The van der Waals surface area contributed by atoms with Gasteiger partial charge in [0.15, 0.2) is 5.75 Å². The number of nitrogens with one attached hydrogen (secondary N) is 1. The van der Waals surface area contributed by atoms with E-state index in [0.29, 0.717) is 56.1 Å². The van der Waals surface area contributed by atoms with Gasteiger partial charge in [0.2, 0.25) is 0 Å². The standard InChI is InChI=1S/C48H50N6O5/c1-31-23-35-13-10-16-44(45(35)49-31)59-48(57)53-18-17-34-25-41(43-27-40(32(2)50(43)3)46(55)51(4)38-14-6-5-7-15-38)42(26-37(34)28-53)47(56)54-29-36-12-9-8-11-33(36)24-39(54)30-52-19-21-58-22-20-52/h5-16,23,25-27,39,49H,17-22,24,28-30H2,1-4H3/t39-/m0/s1. The van der Waals surface area contributed by atoms with Crippen LogP contribution in [0.25, 0.3) is 22.2 Å². The van der Waals surface area contributed by atoms with Crippen molar-refractivity contribution in [3.8, 4) is 17.0 Å². The van der Waals surface area contributed by atoms with Crippen LogP contribution in [0.1, 0.15) is 54.4 Å². The molecule has 5 heterocycles. The molecule has 0 unspecified atom stereocenters. The Labute approximate surface area is 344 Å². The van der Waals surface area contributed by atoms with Gasteiger partial charge in [-0.15, -0.1) is 0 Å². The van der Waals surface area contributed by atoms with Crippen LogP contribution in [0.3, 0.4) is 0 Å². The number of morpholine rings is 1. The van der Waals surface area contributed by atoms with Crippen LogP contribution in [-0.4, -0.2) is 94.6 Å². The lowest BCUT2D eigenvalue weighted by Crippen LogP contribution is -2.52. The summed E-state index contributed by atoms with van der Waals surface area (Å²) in [7, 11) is 3.75. The van der Waals surface area contributed by atoms with E-state index in [1.165, 1.54) is 5.56 Å². The number of carbonyl (C=O) groups excluding carboxylic acids is 3. The molecule has 6 aromatic rings. The molecule has 1 N–H and O–H groups in total. The molecule has 0 bridgehead atoms. The fourth-order valence-corrected chi connectivity index (χ4v) is 9.01. The van der Waals surface area contributed by atoms with Gasteiger partial charge in [-0.2, -0.15) is 0 Å². The minimum atomic E-state index is -0.436. The second kappa shape index (κ2) is 15.9. The Hall–Kier alpha value is -6.17. The van der Waals surface area contributed by atoms with E-state index >= 15 is 4.79 Å². The number of aromatic amines is 1. The van der Waals surface area contributed by atoms with Gasteiger partial charge in [-0.05, 0) is 91.4 Å². The van der Waals surface area contributed by atoms with Gasteiger partial charge in [-0.1, -0.05) is 54.6 Å². The number of benzene rings is 4. The number of para-hydroxylation sites is 2. The number of H-pyrrole nitrogens is 1. The first-order valence-corrected chi connectivity index (χ1v) is 20.5. The van der Waals surface area contributed by atoms with Crippen LogP contribution >= 0.6 is 0 Å². The Kier molecular flexibility index (Phi) is 10.3. The number of carbonyl (C=O) groups is 3. The van der Waals surface area contributed by atoms with Gasteiger partial charge >= 0.3 is 6.09 Å². The molecule has 9 rings (SSSR count). The minimum Gasteiger partial charge on any atom is -0.408 e. The first-order chi connectivity index (χ1) is 28.6. The average molecular weight is 791 g/mol. The van der Waals surface area contributed by atoms with Crippen LogP contribution in [0.4, 0.5) is 10.5 Å². The average Bonchev–Trinajstić information content (AvgIpc) is 3.80. The monoisotopic (exact) mass is 790 g/mol. The summed E-state index contributed by atoms with van der Waals surface area (Å²) in [4.78, 5) is 54.5. The molecule has 3 aliphatic rings. The molecule has 11 nitrogen and oxygen atoms in total. The largest absolute Gasteiger partial charge is 0.415 e. The molecule has 2 aromatic heterocycles. The second-order valence-corrected chi connectivity index (χ2v) is 16.1. The smallest absolute Gasteiger partial charge is 0.408 e. The molecule has 0 aliphatic carbocycles. The lowest BCUT2D eigenvalue weighted by molar-refractivity contribution is 0.0193. The van der Waals surface area contributed by atoms with Crippen molar-refractivity contribution in [2.24, 2.45) is 7.05 Å². The predicted molar refractivity (Wildman–Crippen MR) is 229 cm³/mol. The van der Waals surface area contributed by atoms with E-state index in [2.05, 4.69) is 34.1 Å². The van der Waals surface area contributed by atoms with E-state index < -0.39 is 6.09 Å². The van der Waals surface area contributed by atoms with Crippen LogP contribution in [0, 0.1) is 13.8 Å². The van der Waals surface area contributed by atoms with E-state index in [-0.39, 0.29) is 17.9 Å². The minimum absolute atomic E-state index is 0.0583. The summed E-state index contributed by atoms with van der Waals surface area (Å²) in [5.41, 5.74) is 10.4. The molecule has 11 heteroatoms. The van der Waals surface area contributed by atoms with Gasteiger partial charge in [0.05, 0.1) is 24.3 Å². The second-order valence-electron chi connectivity index (χ2n) is 16.1. The van der Waals surface area contributed by atoms with Gasteiger partial charge in [0, 0.05) is 98.7 Å². The summed E-state index contributed by atoms with van der Waals surface area (Å²) < 4.78 is 13.7. The van der Waals surface area contributed by atoms with Crippen molar-refractivity contribution >= 4 is 34.5 Å². The zero-order chi connectivity index (χ0) is 40.8. The number of aryl methyl sites for hydroxylation is 1. The van der Waals surface area contributed by atoms with Crippen LogP contribution in [0.15, 0.2) is 97.1 Å². The highest BCUT2D eigenvalue weighted by molar-refractivity contribution is 6.08. The number of aromatic nitrogens is 2. The maximum atomic E-state index is 15.4. The fourth-order valence-electron chi connectivity index (χ4n) is 9.01. The highest BCUT2D eigenvalue weighted by atomic mass is 16.6.